The van der Waals surface area contributed by atoms with Crippen molar-refractivity contribution in [3.05, 3.63) is 65.0 Å². The lowest BCUT2D eigenvalue weighted by atomic mass is 9.96. The molecule has 2 aromatic rings. The van der Waals surface area contributed by atoms with Crippen LogP contribution < -0.4 is 22.5 Å². The standard InChI is InChI=1S/C18H23FN6/c1-24-9-8-16(21)25-18(23)12-4-7-15(20)14(10-12)17(22)11-2-5-13(19)6-3-11/h2-7,10,17,24H,8-9,20,22H2,1H3,(H3,21,23,25). The molecule has 0 bridgehead atoms. The smallest absolute Gasteiger partial charge is 0.153 e. The summed E-state index contributed by atoms with van der Waals surface area (Å²) in [4.78, 5) is 4.11. The van der Waals surface area contributed by atoms with Crippen LogP contribution in [0.4, 0.5) is 10.1 Å². The molecular weight excluding hydrogens is 319 g/mol. The van der Waals surface area contributed by atoms with Crippen molar-refractivity contribution in [1.29, 1.82) is 5.41 Å². The molecule has 0 radical (unpaired) electrons. The van der Waals surface area contributed by atoms with Crippen molar-refractivity contribution in [3.8, 4) is 0 Å². The first-order chi connectivity index (χ1) is 11.9. The molecular formula is C18H23FN6. The van der Waals surface area contributed by atoms with E-state index in [0.29, 0.717) is 35.6 Å². The number of benzene rings is 2. The molecule has 25 heavy (non-hydrogen) atoms. The minimum Gasteiger partial charge on any atom is -0.398 e. The Balaban J connectivity index is 2.27. The summed E-state index contributed by atoms with van der Waals surface area (Å²) in [6, 6.07) is 10.5. The lowest BCUT2D eigenvalue weighted by molar-refractivity contribution is 0.626. The second-order valence-electron chi connectivity index (χ2n) is 5.68. The fourth-order valence-corrected chi connectivity index (χ4v) is 2.36. The van der Waals surface area contributed by atoms with Crippen molar-refractivity contribution < 1.29 is 4.39 Å². The second-order valence-corrected chi connectivity index (χ2v) is 5.68. The summed E-state index contributed by atoms with van der Waals surface area (Å²) in [6.45, 7) is 0.686. The van der Waals surface area contributed by atoms with Crippen LogP contribution in [0.25, 0.3) is 0 Å². The highest BCUT2D eigenvalue weighted by Gasteiger charge is 2.14. The number of nitrogens with zero attached hydrogens (tertiary/aromatic N) is 1. The maximum Gasteiger partial charge on any atom is 0.153 e. The predicted molar refractivity (Wildman–Crippen MR) is 100 cm³/mol. The average Bonchev–Trinajstić information content (AvgIpc) is 2.60. The summed E-state index contributed by atoms with van der Waals surface area (Å²) < 4.78 is 13.1. The number of nitrogens with two attached hydrogens (primary N) is 3. The van der Waals surface area contributed by atoms with Gasteiger partial charge in [-0.2, -0.15) is 0 Å². The van der Waals surface area contributed by atoms with Gasteiger partial charge in [-0.25, -0.2) is 9.38 Å². The van der Waals surface area contributed by atoms with Gasteiger partial charge in [0, 0.05) is 24.2 Å². The van der Waals surface area contributed by atoms with E-state index in [0.717, 1.165) is 5.56 Å². The van der Waals surface area contributed by atoms with E-state index in [1.165, 1.54) is 12.1 Å². The maximum atomic E-state index is 13.1. The predicted octanol–water partition coefficient (Wildman–Crippen LogP) is 1.75. The number of nitrogens with one attached hydrogen (secondary N) is 2. The van der Waals surface area contributed by atoms with Gasteiger partial charge in [0.25, 0.3) is 0 Å². The van der Waals surface area contributed by atoms with Gasteiger partial charge >= 0.3 is 0 Å². The number of anilines is 1. The number of nitrogen functional groups attached to an aromatic ring is 1. The van der Waals surface area contributed by atoms with Crippen LogP contribution in [0, 0.1) is 11.2 Å². The summed E-state index contributed by atoms with van der Waals surface area (Å²) in [5.41, 5.74) is 20.6. The average molecular weight is 342 g/mol. The summed E-state index contributed by atoms with van der Waals surface area (Å²) >= 11 is 0. The quantitative estimate of drug-likeness (QED) is 0.311. The SMILES string of the molecule is CNCCC(N)=NC(=N)c1ccc(N)c(C(N)c2ccc(F)cc2)c1. The third-order valence-electron chi connectivity index (χ3n) is 3.81. The molecule has 0 aliphatic rings. The topological polar surface area (TPSA) is 126 Å². The monoisotopic (exact) mass is 342 g/mol. The van der Waals surface area contributed by atoms with Crippen LogP contribution in [0.5, 0.6) is 0 Å². The Morgan fingerprint density at radius 3 is 2.56 bits per heavy atom. The van der Waals surface area contributed by atoms with Crippen LogP contribution in [0.15, 0.2) is 47.5 Å². The van der Waals surface area contributed by atoms with Crippen molar-refractivity contribution in [1.82, 2.24) is 5.32 Å². The molecule has 2 rings (SSSR count). The van der Waals surface area contributed by atoms with Gasteiger partial charge in [0.15, 0.2) is 5.84 Å². The van der Waals surface area contributed by atoms with E-state index >= 15 is 0 Å². The van der Waals surface area contributed by atoms with Gasteiger partial charge in [0.05, 0.1) is 6.04 Å². The Labute approximate surface area is 146 Å². The summed E-state index contributed by atoms with van der Waals surface area (Å²) in [5.74, 6) is 0.0903. The summed E-state index contributed by atoms with van der Waals surface area (Å²) in [6.07, 6.45) is 0.551. The van der Waals surface area contributed by atoms with Gasteiger partial charge in [0.2, 0.25) is 0 Å². The summed E-state index contributed by atoms with van der Waals surface area (Å²) in [7, 11) is 1.82. The molecule has 0 heterocycles. The highest BCUT2D eigenvalue weighted by molar-refractivity contribution is 6.04. The highest BCUT2D eigenvalue weighted by Crippen LogP contribution is 2.26. The van der Waals surface area contributed by atoms with E-state index in [4.69, 9.17) is 22.6 Å². The first-order valence-corrected chi connectivity index (χ1v) is 7.89. The van der Waals surface area contributed by atoms with Crippen LogP contribution in [-0.4, -0.2) is 25.3 Å². The Bertz CT molecular complexity index is 770. The molecule has 0 aliphatic heterocycles. The molecule has 6 nitrogen and oxygen atoms in total. The largest absolute Gasteiger partial charge is 0.398 e. The molecule has 2 aromatic carbocycles. The molecule has 132 valence electrons. The van der Waals surface area contributed by atoms with E-state index in [9.17, 15) is 4.39 Å². The zero-order valence-electron chi connectivity index (χ0n) is 14.1. The number of halogens is 1. The van der Waals surface area contributed by atoms with E-state index in [1.54, 1.807) is 30.3 Å². The lowest BCUT2D eigenvalue weighted by Gasteiger charge is -2.16. The summed E-state index contributed by atoms with van der Waals surface area (Å²) in [5, 5.41) is 11.1. The third kappa shape index (κ3) is 4.85. The number of aliphatic imine (C=N–C) groups is 1. The van der Waals surface area contributed by atoms with Crippen molar-refractivity contribution in [2.24, 2.45) is 16.5 Å². The van der Waals surface area contributed by atoms with Gasteiger partial charge in [0.1, 0.15) is 11.7 Å². The molecule has 0 aliphatic carbocycles. The van der Waals surface area contributed by atoms with Crippen LogP contribution in [-0.2, 0) is 0 Å². The first kappa shape index (κ1) is 18.6. The van der Waals surface area contributed by atoms with Crippen LogP contribution in [0.3, 0.4) is 0 Å². The van der Waals surface area contributed by atoms with E-state index in [2.05, 4.69) is 10.3 Å². The van der Waals surface area contributed by atoms with Gasteiger partial charge < -0.3 is 22.5 Å². The van der Waals surface area contributed by atoms with Crippen molar-refractivity contribution >= 4 is 17.4 Å². The van der Waals surface area contributed by atoms with Gasteiger partial charge in [-0.3, -0.25) is 5.41 Å². The van der Waals surface area contributed by atoms with Crippen molar-refractivity contribution in [3.63, 3.8) is 0 Å². The molecule has 7 heteroatoms. The van der Waals surface area contributed by atoms with Crippen molar-refractivity contribution in [2.45, 2.75) is 12.5 Å². The fourth-order valence-electron chi connectivity index (χ4n) is 2.36. The normalized spacial score (nSPS) is 12.8. The second kappa shape index (κ2) is 8.36. The minimum absolute atomic E-state index is 0.0427. The van der Waals surface area contributed by atoms with Crippen LogP contribution >= 0.6 is 0 Å². The van der Waals surface area contributed by atoms with Crippen LogP contribution in [0.1, 0.15) is 29.2 Å². The molecule has 0 amide bonds. The Hall–Kier alpha value is -2.77. The molecule has 0 fully saturated rings. The molecule has 0 spiro atoms. The zero-order chi connectivity index (χ0) is 18.4. The van der Waals surface area contributed by atoms with E-state index < -0.39 is 6.04 Å². The number of hydrogen-bond donors (Lipinski definition) is 5. The Morgan fingerprint density at radius 1 is 1.24 bits per heavy atom. The maximum absolute atomic E-state index is 13.1. The first-order valence-electron chi connectivity index (χ1n) is 7.89. The lowest BCUT2D eigenvalue weighted by Crippen LogP contribution is -2.21. The Morgan fingerprint density at radius 2 is 1.92 bits per heavy atom. The Kier molecular flexibility index (Phi) is 6.21. The molecule has 0 saturated heterocycles. The number of amidine groups is 2. The van der Waals surface area contributed by atoms with Gasteiger partial charge in [-0.15, -0.1) is 0 Å². The fraction of sp³-hybridized carbons (Fsp3) is 0.222. The number of hydrogen-bond acceptors (Lipinski definition) is 4. The van der Waals surface area contributed by atoms with Gasteiger partial charge in [-0.05, 0) is 48.5 Å². The van der Waals surface area contributed by atoms with E-state index in [-0.39, 0.29) is 11.7 Å². The van der Waals surface area contributed by atoms with Crippen LogP contribution in [0.2, 0.25) is 0 Å². The zero-order valence-corrected chi connectivity index (χ0v) is 14.1. The number of rotatable bonds is 6. The molecule has 1 unspecified atom stereocenters. The minimum atomic E-state index is -0.529. The molecule has 8 N–H and O–H groups in total. The van der Waals surface area contributed by atoms with Gasteiger partial charge in [-0.1, -0.05) is 12.1 Å². The highest BCUT2D eigenvalue weighted by atomic mass is 19.1. The molecule has 1 atom stereocenters. The third-order valence-corrected chi connectivity index (χ3v) is 3.81. The van der Waals surface area contributed by atoms with E-state index in [1.807, 2.05) is 7.05 Å². The molecule has 0 aromatic heterocycles. The van der Waals surface area contributed by atoms with Crippen molar-refractivity contribution in [2.75, 3.05) is 19.3 Å². The molecule has 0 saturated carbocycles.